The molecule has 0 spiro atoms. The predicted octanol–water partition coefficient (Wildman–Crippen LogP) is 1.57. The number of piperazine rings is 1. The molecule has 1 aliphatic rings. The SMILES string of the molecule is CC(C)(C)NC(=O)C[C@H]1C(=O)NCCN1Cc1cccc(F)c1F. The molecule has 7 heteroatoms. The number of halogens is 2. The Hall–Kier alpha value is -2.02. The predicted molar refractivity (Wildman–Crippen MR) is 86.1 cm³/mol. The minimum atomic E-state index is -0.920. The summed E-state index contributed by atoms with van der Waals surface area (Å²) in [6.45, 7) is 6.51. The van der Waals surface area contributed by atoms with Crippen molar-refractivity contribution in [1.29, 1.82) is 0 Å². The van der Waals surface area contributed by atoms with Gasteiger partial charge in [-0.2, -0.15) is 0 Å². The number of rotatable bonds is 4. The van der Waals surface area contributed by atoms with Crippen LogP contribution in [0, 0.1) is 11.6 Å². The second kappa shape index (κ2) is 7.25. The maximum absolute atomic E-state index is 13.9. The molecule has 1 fully saturated rings. The molecule has 0 saturated carbocycles. The zero-order valence-electron chi connectivity index (χ0n) is 14.2. The molecule has 5 nitrogen and oxygen atoms in total. The fraction of sp³-hybridized carbons (Fsp3) is 0.529. The molecular weight excluding hydrogens is 316 g/mol. The van der Waals surface area contributed by atoms with E-state index < -0.39 is 23.2 Å². The number of carbonyl (C=O) groups excluding carboxylic acids is 2. The molecule has 24 heavy (non-hydrogen) atoms. The Morgan fingerprint density at radius 2 is 2.08 bits per heavy atom. The van der Waals surface area contributed by atoms with E-state index >= 15 is 0 Å². The number of carbonyl (C=O) groups is 2. The van der Waals surface area contributed by atoms with Crippen LogP contribution in [0.5, 0.6) is 0 Å². The van der Waals surface area contributed by atoms with E-state index in [0.717, 1.165) is 6.07 Å². The molecule has 0 aromatic heterocycles. The number of benzene rings is 1. The molecule has 132 valence electrons. The molecule has 0 unspecified atom stereocenters. The van der Waals surface area contributed by atoms with Gasteiger partial charge in [-0.05, 0) is 26.8 Å². The van der Waals surface area contributed by atoms with E-state index in [4.69, 9.17) is 0 Å². The number of hydrogen-bond acceptors (Lipinski definition) is 3. The zero-order valence-corrected chi connectivity index (χ0v) is 14.2. The number of amides is 2. The van der Waals surface area contributed by atoms with E-state index in [-0.39, 0.29) is 30.3 Å². The van der Waals surface area contributed by atoms with Gasteiger partial charge in [-0.15, -0.1) is 0 Å². The fourth-order valence-corrected chi connectivity index (χ4v) is 2.71. The normalized spacial score (nSPS) is 19.0. The lowest BCUT2D eigenvalue weighted by Crippen LogP contribution is -2.56. The maximum atomic E-state index is 13.9. The average molecular weight is 339 g/mol. The first-order valence-electron chi connectivity index (χ1n) is 7.93. The third-order valence-electron chi connectivity index (χ3n) is 3.74. The van der Waals surface area contributed by atoms with E-state index in [1.165, 1.54) is 12.1 Å². The highest BCUT2D eigenvalue weighted by molar-refractivity contribution is 5.89. The monoisotopic (exact) mass is 339 g/mol. The third kappa shape index (κ3) is 4.74. The van der Waals surface area contributed by atoms with E-state index in [9.17, 15) is 18.4 Å². The minimum Gasteiger partial charge on any atom is -0.353 e. The molecule has 0 bridgehead atoms. The van der Waals surface area contributed by atoms with Crippen LogP contribution >= 0.6 is 0 Å². The Kier molecular flexibility index (Phi) is 5.54. The molecule has 1 saturated heterocycles. The lowest BCUT2D eigenvalue weighted by Gasteiger charge is -2.35. The highest BCUT2D eigenvalue weighted by Crippen LogP contribution is 2.18. The Morgan fingerprint density at radius 1 is 1.38 bits per heavy atom. The van der Waals surface area contributed by atoms with Crippen LogP contribution in [0.4, 0.5) is 8.78 Å². The highest BCUT2D eigenvalue weighted by Gasteiger charge is 2.32. The summed E-state index contributed by atoms with van der Waals surface area (Å²) in [5.41, 5.74) is -0.229. The van der Waals surface area contributed by atoms with Crippen molar-refractivity contribution >= 4 is 11.8 Å². The van der Waals surface area contributed by atoms with Crippen LogP contribution in [-0.2, 0) is 16.1 Å². The minimum absolute atomic E-state index is 0.0277. The largest absolute Gasteiger partial charge is 0.353 e. The van der Waals surface area contributed by atoms with Gasteiger partial charge in [-0.1, -0.05) is 12.1 Å². The number of nitrogens with zero attached hydrogens (tertiary/aromatic N) is 1. The molecule has 1 aliphatic heterocycles. The summed E-state index contributed by atoms with van der Waals surface area (Å²) in [4.78, 5) is 26.0. The molecule has 1 aromatic rings. The molecule has 1 atom stereocenters. The first kappa shape index (κ1) is 18.3. The van der Waals surface area contributed by atoms with Gasteiger partial charge in [-0.3, -0.25) is 14.5 Å². The first-order valence-corrected chi connectivity index (χ1v) is 7.93. The number of nitrogens with one attached hydrogen (secondary N) is 2. The summed E-state index contributed by atoms with van der Waals surface area (Å²) in [5.74, 6) is -2.37. The smallest absolute Gasteiger partial charge is 0.237 e. The van der Waals surface area contributed by atoms with Gasteiger partial charge >= 0.3 is 0 Å². The van der Waals surface area contributed by atoms with Gasteiger partial charge in [0, 0.05) is 30.7 Å². The van der Waals surface area contributed by atoms with Crippen molar-refractivity contribution in [2.75, 3.05) is 13.1 Å². The summed E-state index contributed by atoms with van der Waals surface area (Å²) in [6.07, 6.45) is -0.0277. The molecule has 1 heterocycles. The van der Waals surface area contributed by atoms with Crippen molar-refractivity contribution in [3.8, 4) is 0 Å². The van der Waals surface area contributed by atoms with Crippen LogP contribution in [-0.4, -0.2) is 41.4 Å². The van der Waals surface area contributed by atoms with Crippen molar-refractivity contribution in [1.82, 2.24) is 15.5 Å². The molecule has 2 N–H and O–H groups in total. The summed E-state index contributed by atoms with van der Waals surface area (Å²) < 4.78 is 27.3. The molecule has 0 radical (unpaired) electrons. The van der Waals surface area contributed by atoms with E-state index in [1.54, 1.807) is 4.90 Å². The molecule has 2 amide bonds. The van der Waals surface area contributed by atoms with E-state index in [2.05, 4.69) is 10.6 Å². The standard InChI is InChI=1S/C17H23F2N3O2/c1-17(2,3)21-14(23)9-13-16(24)20-7-8-22(13)10-11-5-4-6-12(18)15(11)19/h4-6,13H,7-10H2,1-3H3,(H,20,24)(H,21,23)/t13-/m0/s1. The van der Waals surface area contributed by atoms with E-state index in [1.807, 2.05) is 20.8 Å². The zero-order chi connectivity index (χ0) is 17.9. The van der Waals surface area contributed by atoms with Crippen LogP contribution in [0.3, 0.4) is 0 Å². The van der Waals surface area contributed by atoms with Gasteiger partial charge < -0.3 is 10.6 Å². The van der Waals surface area contributed by atoms with Gasteiger partial charge in [0.2, 0.25) is 11.8 Å². The Bertz CT molecular complexity index is 629. The molecule has 2 rings (SSSR count). The molecule has 1 aromatic carbocycles. The second-order valence-electron chi connectivity index (χ2n) is 6.99. The molecule has 0 aliphatic carbocycles. The van der Waals surface area contributed by atoms with Crippen LogP contribution in [0.25, 0.3) is 0 Å². The van der Waals surface area contributed by atoms with Crippen LogP contribution in [0.2, 0.25) is 0 Å². The summed E-state index contributed by atoms with van der Waals surface area (Å²) in [7, 11) is 0. The van der Waals surface area contributed by atoms with Crippen molar-refractivity contribution in [3.05, 3.63) is 35.4 Å². The Balaban J connectivity index is 2.12. The van der Waals surface area contributed by atoms with Crippen LogP contribution in [0.15, 0.2) is 18.2 Å². The average Bonchev–Trinajstić information content (AvgIpc) is 2.45. The van der Waals surface area contributed by atoms with Crippen LogP contribution < -0.4 is 10.6 Å². The summed E-state index contributed by atoms with van der Waals surface area (Å²) >= 11 is 0. The van der Waals surface area contributed by atoms with Gasteiger partial charge in [0.15, 0.2) is 11.6 Å². The van der Waals surface area contributed by atoms with Gasteiger partial charge in [-0.25, -0.2) is 8.78 Å². The quantitative estimate of drug-likeness (QED) is 0.875. The maximum Gasteiger partial charge on any atom is 0.237 e. The second-order valence-corrected chi connectivity index (χ2v) is 6.99. The van der Waals surface area contributed by atoms with Gasteiger partial charge in [0.25, 0.3) is 0 Å². The molecular formula is C17H23F2N3O2. The Labute approximate surface area is 140 Å². The number of hydrogen-bond donors (Lipinski definition) is 2. The van der Waals surface area contributed by atoms with Crippen molar-refractivity contribution in [3.63, 3.8) is 0 Å². The summed E-state index contributed by atoms with van der Waals surface area (Å²) in [6, 6.07) is 3.26. The van der Waals surface area contributed by atoms with Gasteiger partial charge in [0.1, 0.15) is 0 Å². The van der Waals surface area contributed by atoms with Crippen LogP contribution in [0.1, 0.15) is 32.8 Å². The lowest BCUT2D eigenvalue weighted by atomic mass is 10.0. The highest BCUT2D eigenvalue weighted by atomic mass is 19.2. The van der Waals surface area contributed by atoms with Gasteiger partial charge in [0.05, 0.1) is 12.5 Å². The first-order chi connectivity index (χ1) is 11.2. The van der Waals surface area contributed by atoms with Crippen molar-refractivity contribution in [2.24, 2.45) is 0 Å². The topological polar surface area (TPSA) is 61.4 Å². The fourth-order valence-electron chi connectivity index (χ4n) is 2.71. The lowest BCUT2D eigenvalue weighted by molar-refractivity contribution is -0.134. The van der Waals surface area contributed by atoms with E-state index in [0.29, 0.717) is 13.1 Å². The third-order valence-corrected chi connectivity index (χ3v) is 3.74. The summed E-state index contributed by atoms with van der Waals surface area (Å²) in [5, 5.41) is 5.53. The Morgan fingerprint density at radius 3 is 2.75 bits per heavy atom. The van der Waals surface area contributed by atoms with Crippen molar-refractivity contribution < 1.29 is 18.4 Å². The van der Waals surface area contributed by atoms with Crippen molar-refractivity contribution in [2.45, 2.75) is 45.3 Å².